The second kappa shape index (κ2) is 6.21. The van der Waals surface area contributed by atoms with E-state index in [0.29, 0.717) is 22.3 Å². The van der Waals surface area contributed by atoms with E-state index in [-0.39, 0.29) is 0 Å². The van der Waals surface area contributed by atoms with Crippen molar-refractivity contribution in [1.82, 2.24) is 14.8 Å². The average Bonchev–Trinajstić information content (AvgIpc) is 2.70. The summed E-state index contributed by atoms with van der Waals surface area (Å²) in [4.78, 5) is 0. The number of hydrogen-bond acceptors (Lipinski definition) is 3. The highest BCUT2D eigenvalue weighted by atomic mass is 35.5. The number of aromatic nitrogens is 3. The molecular weight excluding hydrogens is 282 g/mol. The Labute approximate surface area is 122 Å². The van der Waals surface area contributed by atoms with Crippen molar-refractivity contribution in [3.05, 3.63) is 39.9 Å². The van der Waals surface area contributed by atoms with Gasteiger partial charge in [-0.15, -0.1) is 0 Å². The summed E-state index contributed by atoms with van der Waals surface area (Å²) in [7, 11) is 0. The van der Waals surface area contributed by atoms with E-state index >= 15 is 0 Å². The van der Waals surface area contributed by atoms with Gasteiger partial charge in [0.25, 0.3) is 0 Å². The second-order valence-corrected chi connectivity index (χ2v) is 5.52. The van der Waals surface area contributed by atoms with Crippen molar-refractivity contribution in [2.45, 2.75) is 27.0 Å². The lowest BCUT2D eigenvalue weighted by atomic mass is 10.2. The van der Waals surface area contributed by atoms with Crippen LogP contribution in [0.3, 0.4) is 0 Å². The molecule has 0 spiro atoms. The molecule has 0 aliphatic rings. The van der Waals surface area contributed by atoms with Crippen LogP contribution in [0.2, 0.25) is 5.02 Å². The lowest BCUT2D eigenvalue weighted by molar-refractivity contribution is 0.286. The van der Waals surface area contributed by atoms with E-state index in [2.05, 4.69) is 24.0 Å². The van der Waals surface area contributed by atoms with Gasteiger partial charge in [0.2, 0.25) is 0 Å². The molecule has 2 aromatic rings. The molecule has 1 aromatic heterocycles. The molecule has 0 aliphatic heterocycles. The Bertz CT molecular complexity index is 589. The van der Waals surface area contributed by atoms with Gasteiger partial charge in [0, 0.05) is 11.6 Å². The summed E-state index contributed by atoms with van der Waals surface area (Å²) < 4.78 is 8.27. The second-order valence-electron chi connectivity index (χ2n) is 4.69. The summed E-state index contributed by atoms with van der Waals surface area (Å²) >= 11 is 11.0. The molecule has 0 amide bonds. The first-order valence-corrected chi connectivity index (χ1v) is 6.87. The summed E-state index contributed by atoms with van der Waals surface area (Å²) in [6.07, 6.45) is 0. The number of hydrogen-bond donors (Lipinski definition) is 1. The summed E-state index contributed by atoms with van der Waals surface area (Å²) in [5, 5.41) is 7.69. The number of benzene rings is 1. The maximum atomic E-state index is 5.82. The van der Waals surface area contributed by atoms with Gasteiger partial charge < -0.3 is 9.30 Å². The van der Waals surface area contributed by atoms with Crippen molar-refractivity contribution >= 4 is 23.8 Å². The quantitative estimate of drug-likeness (QED) is 0.853. The predicted molar refractivity (Wildman–Crippen MR) is 78.0 cm³/mol. The molecule has 0 unspecified atom stereocenters. The zero-order chi connectivity index (χ0) is 13.8. The lowest BCUT2D eigenvalue weighted by Gasteiger charge is -2.10. The van der Waals surface area contributed by atoms with Gasteiger partial charge in [0.15, 0.2) is 10.6 Å². The van der Waals surface area contributed by atoms with E-state index < -0.39 is 0 Å². The maximum Gasteiger partial charge on any atom is 0.195 e. The van der Waals surface area contributed by atoms with Crippen LogP contribution in [0.1, 0.15) is 19.7 Å². The number of aromatic amines is 1. The van der Waals surface area contributed by atoms with Crippen LogP contribution in [0.4, 0.5) is 0 Å². The predicted octanol–water partition coefficient (Wildman–Crippen LogP) is 3.83. The Morgan fingerprint density at radius 1 is 1.37 bits per heavy atom. The van der Waals surface area contributed by atoms with Crippen LogP contribution in [0.15, 0.2) is 24.3 Å². The normalized spacial score (nSPS) is 10.9. The van der Waals surface area contributed by atoms with Crippen molar-refractivity contribution in [2.24, 2.45) is 5.92 Å². The van der Waals surface area contributed by atoms with Crippen molar-refractivity contribution in [3.8, 4) is 5.75 Å². The summed E-state index contributed by atoms with van der Waals surface area (Å²) in [5.41, 5.74) is 0. The number of ether oxygens (including phenoxy) is 1. The van der Waals surface area contributed by atoms with Crippen molar-refractivity contribution in [1.29, 1.82) is 0 Å². The van der Waals surface area contributed by atoms with Gasteiger partial charge in [-0.1, -0.05) is 25.4 Å². The first-order valence-electron chi connectivity index (χ1n) is 6.08. The van der Waals surface area contributed by atoms with Crippen LogP contribution >= 0.6 is 23.8 Å². The Morgan fingerprint density at radius 3 is 2.68 bits per heavy atom. The first kappa shape index (κ1) is 14.1. The highest BCUT2D eigenvalue weighted by Crippen LogP contribution is 2.16. The van der Waals surface area contributed by atoms with Gasteiger partial charge in [-0.3, -0.25) is 5.10 Å². The van der Waals surface area contributed by atoms with E-state index in [0.717, 1.165) is 18.1 Å². The highest BCUT2D eigenvalue weighted by Gasteiger charge is 2.08. The van der Waals surface area contributed by atoms with E-state index in [4.69, 9.17) is 28.6 Å². The largest absolute Gasteiger partial charge is 0.486 e. The topological polar surface area (TPSA) is 42.8 Å². The molecule has 0 saturated heterocycles. The van der Waals surface area contributed by atoms with Gasteiger partial charge in [-0.2, -0.15) is 5.10 Å². The summed E-state index contributed by atoms with van der Waals surface area (Å²) in [6.45, 7) is 5.48. The third-order valence-corrected chi connectivity index (χ3v) is 3.13. The molecule has 102 valence electrons. The van der Waals surface area contributed by atoms with Gasteiger partial charge >= 0.3 is 0 Å². The smallest absolute Gasteiger partial charge is 0.195 e. The molecule has 1 N–H and O–H groups in total. The zero-order valence-corrected chi connectivity index (χ0v) is 12.5. The third kappa shape index (κ3) is 3.81. The van der Waals surface area contributed by atoms with E-state index in [1.807, 2.05) is 16.7 Å². The molecule has 0 atom stereocenters. The van der Waals surface area contributed by atoms with Crippen LogP contribution in [-0.2, 0) is 13.2 Å². The van der Waals surface area contributed by atoms with Crippen LogP contribution in [-0.4, -0.2) is 14.8 Å². The molecule has 0 saturated carbocycles. The standard InChI is InChI=1S/C13H16ClN3OS/c1-9(2)7-17-12(15-16-13(17)19)8-18-11-5-3-10(14)4-6-11/h3-6,9H,7-8H2,1-2H3,(H,16,19). The molecule has 0 radical (unpaired) electrons. The molecule has 2 rings (SSSR count). The van der Waals surface area contributed by atoms with E-state index in [1.165, 1.54) is 0 Å². The molecule has 19 heavy (non-hydrogen) atoms. The first-order chi connectivity index (χ1) is 9.06. The van der Waals surface area contributed by atoms with Crippen LogP contribution in [0.25, 0.3) is 0 Å². The van der Waals surface area contributed by atoms with Crippen LogP contribution in [0, 0.1) is 10.7 Å². The third-order valence-electron chi connectivity index (χ3n) is 2.57. The Balaban J connectivity index is 2.07. The monoisotopic (exact) mass is 297 g/mol. The minimum Gasteiger partial charge on any atom is -0.486 e. The minimum absolute atomic E-state index is 0.376. The van der Waals surface area contributed by atoms with Crippen LogP contribution in [0.5, 0.6) is 5.75 Å². The molecular formula is C13H16ClN3OS. The number of nitrogens with zero attached hydrogens (tertiary/aromatic N) is 2. The number of rotatable bonds is 5. The van der Waals surface area contributed by atoms with Gasteiger partial charge in [0.1, 0.15) is 12.4 Å². The Hall–Kier alpha value is -1.33. The van der Waals surface area contributed by atoms with Crippen molar-refractivity contribution in [3.63, 3.8) is 0 Å². The van der Waals surface area contributed by atoms with Crippen LogP contribution < -0.4 is 4.74 Å². The SMILES string of the molecule is CC(C)Cn1c(COc2ccc(Cl)cc2)n[nH]c1=S. The van der Waals surface area contributed by atoms with E-state index in [1.54, 1.807) is 12.1 Å². The molecule has 0 bridgehead atoms. The van der Waals surface area contributed by atoms with Gasteiger partial charge in [-0.05, 0) is 42.4 Å². The average molecular weight is 298 g/mol. The summed E-state index contributed by atoms with van der Waals surface area (Å²) in [6, 6.07) is 7.25. The minimum atomic E-state index is 0.376. The number of H-pyrrole nitrogens is 1. The fraction of sp³-hybridized carbons (Fsp3) is 0.385. The Morgan fingerprint density at radius 2 is 2.05 bits per heavy atom. The molecule has 6 heteroatoms. The van der Waals surface area contributed by atoms with Gasteiger partial charge in [-0.25, -0.2) is 0 Å². The molecule has 1 aromatic carbocycles. The lowest BCUT2D eigenvalue weighted by Crippen LogP contribution is -2.11. The molecule has 1 heterocycles. The number of halogens is 1. The Kier molecular flexibility index (Phi) is 4.61. The van der Waals surface area contributed by atoms with Crippen molar-refractivity contribution in [2.75, 3.05) is 0 Å². The maximum absolute atomic E-state index is 5.82. The molecule has 4 nitrogen and oxygen atoms in total. The number of nitrogens with one attached hydrogen (secondary N) is 1. The fourth-order valence-corrected chi connectivity index (χ4v) is 2.04. The fourth-order valence-electron chi connectivity index (χ4n) is 1.69. The molecule has 0 fully saturated rings. The van der Waals surface area contributed by atoms with Crippen molar-refractivity contribution < 1.29 is 4.74 Å². The molecule has 0 aliphatic carbocycles. The summed E-state index contributed by atoms with van der Waals surface area (Å²) in [5.74, 6) is 2.06. The highest BCUT2D eigenvalue weighted by molar-refractivity contribution is 7.71. The van der Waals surface area contributed by atoms with Gasteiger partial charge in [0.05, 0.1) is 0 Å². The van der Waals surface area contributed by atoms with E-state index in [9.17, 15) is 0 Å². The zero-order valence-electron chi connectivity index (χ0n) is 10.9.